The van der Waals surface area contributed by atoms with Gasteiger partial charge in [0.25, 0.3) is 0 Å². The number of benzene rings is 1. The summed E-state index contributed by atoms with van der Waals surface area (Å²) < 4.78 is 5.40. The van der Waals surface area contributed by atoms with Crippen LogP contribution < -0.4 is 0 Å². The summed E-state index contributed by atoms with van der Waals surface area (Å²) in [5.74, 6) is 0. The zero-order valence-electron chi connectivity index (χ0n) is 10.8. The maximum Gasteiger partial charge on any atom is 0.148 e. The molecule has 0 N–H and O–H groups in total. The fraction of sp³-hybridized carbons (Fsp3) is 0.0625. The quantitative estimate of drug-likeness (QED) is 0.722. The summed E-state index contributed by atoms with van der Waals surface area (Å²) in [5.41, 5.74) is 2.04. The minimum Gasteiger partial charge on any atom is -0.495 e. The first-order valence-electron chi connectivity index (χ1n) is 6.09. The number of nitriles is 1. The predicted octanol–water partition coefficient (Wildman–Crippen LogP) is 3.14. The largest absolute Gasteiger partial charge is 0.495 e. The van der Waals surface area contributed by atoms with Crippen molar-refractivity contribution in [1.29, 1.82) is 5.26 Å². The van der Waals surface area contributed by atoms with Gasteiger partial charge in [-0.3, -0.25) is 4.99 Å². The summed E-state index contributed by atoms with van der Waals surface area (Å²) in [7, 11) is 0. The van der Waals surface area contributed by atoms with Crippen molar-refractivity contribution in [2.75, 3.05) is 0 Å². The highest BCUT2D eigenvalue weighted by molar-refractivity contribution is 6.12. The molecule has 98 valence electrons. The number of hydrogen-bond acceptors (Lipinski definition) is 4. The Bertz CT molecular complexity index is 646. The van der Waals surface area contributed by atoms with E-state index in [-0.39, 0.29) is 0 Å². The molecule has 0 atom stereocenters. The van der Waals surface area contributed by atoms with Crippen LogP contribution in [0.1, 0.15) is 11.1 Å². The smallest absolute Gasteiger partial charge is 0.148 e. The molecule has 0 bridgehead atoms. The van der Waals surface area contributed by atoms with Crippen molar-refractivity contribution >= 4 is 11.9 Å². The van der Waals surface area contributed by atoms with Gasteiger partial charge in [0.2, 0.25) is 0 Å². The maximum atomic E-state index is 9.23. The van der Waals surface area contributed by atoms with E-state index in [4.69, 9.17) is 4.74 Å². The number of hydrogen-bond donors (Lipinski definition) is 0. The molecule has 0 unspecified atom stereocenters. The summed E-state index contributed by atoms with van der Waals surface area (Å²) >= 11 is 0. The van der Waals surface area contributed by atoms with E-state index < -0.39 is 0 Å². The average Bonchev–Trinajstić information content (AvgIpc) is 2.49. The van der Waals surface area contributed by atoms with E-state index in [1.54, 1.807) is 36.8 Å². The highest BCUT2D eigenvalue weighted by atomic mass is 16.5. The zero-order valence-corrected chi connectivity index (χ0v) is 10.8. The van der Waals surface area contributed by atoms with Crippen molar-refractivity contribution in [1.82, 2.24) is 0 Å². The minimum absolute atomic E-state index is 0.364. The Hall–Kier alpha value is -2.93. The highest BCUT2D eigenvalue weighted by Crippen LogP contribution is 2.12. The fourth-order valence-corrected chi connectivity index (χ4v) is 1.63. The Morgan fingerprint density at radius 2 is 2.00 bits per heavy atom. The lowest BCUT2D eigenvalue weighted by Crippen LogP contribution is -2.03. The van der Waals surface area contributed by atoms with E-state index in [0.717, 1.165) is 11.1 Å². The predicted molar refractivity (Wildman–Crippen MR) is 79.3 cm³/mol. The van der Waals surface area contributed by atoms with E-state index >= 15 is 0 Å². The monoisotopic (exact) mass is 263 g/mol. The highest BCUT2D eigenvalue weighted by Gasteiger charge is 2.07. The summed E-state index contributed by atoms with van der Waals surface area (Å²) in [6.45, 7) is 0.364. The van der Waals surface area contributed by atoms with Crippen molar-refractivity contribution in [3.8, 4) is 6.07 Å². The van der Waals surface area contributed by atoms with E-state index in [2.05, 4.69) is 16.1 Å². The van der Waals surface area contributed by atoms with Crippen LogP contribution in [0, 0.1) is 11.3 Å². The van der Waals surface area contributed by atoms with Crippen molar-refractivity contribution < 1.29 is 4.74 Å². The van der Waals surface area contributed by atoms with Crippen LogP contribution in [0.5, 0.6) is 0 Å². The molecule has 0 saturated carbocycles. The number of rotatable bonds is 0. The molecule has 0 fully saturated rings. The second-order valence-corrected chi connectivity index (χ2v) is 3.87. The second-order valence-electron chi connectivity index (χ2n) is 3.87. The van der Waals surface area contributed by atoms with E-state index in [1.807, 2.05) is 24.3 Å². The molecule has 0 saturated heterocycles. The van der Waals surface area contributed by atoms with Crippen LogP contribution in [-0.2, 0) is 11.3 Å². The van der Waals surface area contributed by atoms with Crippen molar-refractivity contribution in [3.05, 3.63) is 72.3 Å². The van der Waals surface area contributed by atoms with Gasteiger partial charge >= 0.3 is 0 Å². The van der Waals surface area contributed by atoms with Gasteiger partial charge in [-0.25, -0.2) is 4.99 Å². The van der Waals surface area contributed by atoms with Crippen LogP contribution in [0.3, 0.4) is 0 Å². The second kappa shape index (κ2) is 7.49. The van der Waals surface area contributed by atoms with Crippen LogP contribution in [0.15, 0.2) is 71.1 Å². The molecule has 1 aromatic carbocycles. The first-order chi connectivity index (χ1) is 9.92. The Kier molecular flexibility index (Phi) is 5.06. The third kappa shape index (κ3) is 3.79. The van der Waals surface area contributed by atoms with E-state index in [1.165, 1.54) is 6.26 Å². The van der Waals surface area contributed by atoms with Gasteiger partial charge in [0.05, 0.1) is 6.20 Å². The van der Waals surface area contributed by atoms with Crippen LogP contribution in [-0.4, -0.2) is 11.9 Å². The topological polar surface area (TPSA) is 57.7 Å². The van der Waals surface area contributed by atoms with Gasteiger partial charge < -0.3 is 4.74 Å². The Balaban J connectivity index is 2.40. The van der Waals surface area contributed by atoms with Crippen molar-refractivity contribution in [2.45, 2.75) is 6.61 Å². The molecule has 20 heavy (non-hydrogen) atoms. The summed E-state index contributed by atoms with van der Waals surface area (Å²) in [4.78, 5) is 8.18. The Labute approximate surface area is 117 Å². The lowest BCUT2D eigenvalue weighted by molar-refractivity contribution is 0.235. The minimum atomic E-state index is 0.364. The standard InChI is InChI=1S/C16H13N3O/c17-12-16-15-7-3-2-6-14(15)13-20-11-10-18-8-4-1-5-9-19-16/h1-11H,13H2. The van der Waals surface area contributed by atoms with Crippen molar-refractivity contribution in [3.63, 3.8) is 0 Å². The number of fused-ring (bicyclic) bond motifs is 1. The Morgan fingerprint density at radius 1 is 1.10 bits per heavy atom. The van der Waals surface area contributed by atoms with Crippen LogP contribution in [0.25, 0.3) is 0 Å². The molecule has 0 radical (unpaired) electrons. The molecule has 2 rings (SSSR count). The fourth-order valence-electron chi connectivity index (χ4n) is 1.63. The molecule has 1 aromatic rings. The van der Waals surface area contributed by atoms with Crippen LogP contribution >= 0.6 is 0 Å². The number of aliphatic imine (C=N–C) groups is 2. The molecular formula is C16H13N3O. The van der Waals surface area contributed by atoms with Gasteiger partial charge in [0, 0.05) is 18.0 Å². The van der Waals surface area contributed by atoms with Crippen molar-refractivity contribution in [2.24, 2.45) is 9.98 Å². The molecule has 0 aliphatic carbocycles. The zero-order chi connectivity index (χ0) is 14.0. The van der Waals surface area contributed by atoms with Gasteiger partial charge in [-0.05, 0) is 17.7 Å². The molecule has 1 aliphatic rings. The van der Waals surface area contributed by atoms with Crippen LogP contribution in [0.2, 0.25) is 0 Å². The molecule has 1 heterocycles. The number of ether oxygens (including phenoxy) is 1. The molecule has 0 aromatic heterocycles. The summed E-state index contributed by atoms with van der Waals surface area (Å²) in [6.07, 6.45) is 11.6. The number of allylic oxidation sites excluding steroid dienone is 3. The summed E-state index contributed by atoms with van der Waals surface area (Å²) in [6, 6.07) is 9.66. The molecule has 1 aliphatic heterocycles. The first kappa shape index (κ1) is 13.5. The van der Waals surface area contributed by atoms with E-state index in [9.17, 15) is 5.26 Å². The summed E-state index contributed by atoms with van der Waals surface area (Å²) in [5, 5.41) is 9.23. The average molecular weight is 263 g/mol. The van der Waals surface area contributed by atoms with Gasteiger partial charge in [-0.2, -0.15) is 5.26 Å². The first-order valence-corrected chi connectivity index (χ1v) is 6.09. The van der Waals surface area contributed by atoms with Crippen LogP contribution in [0.4, 0.5) is 0 Å². The normalized spacial score (nSPS) is 14.7. The SMILES string of the molecule is N#CC1=NC=CC=CC=NC=COCc2ccccc21. The van der Waals surface area contributed by atoms with E-state index in [0.29, 0.717) is 12.3 Å². The lowest BCUT2D eigenvalue weighted by atomic mass is 10.0. The maximum absolute atomic E-state index is 9.23. The number of nitrogens with zero attached hydrogens (tertiary/aromatic N) is 3. The Morgan fingerprint density at radius 3 is 2.90 bits per heavy atom. The van der Waals surface area contributed by atoms with Gasteiger partial charge in [0.1, 0.15) is 24.6 Å². The molecule has 0 spiro atoms. The lowest BCUT2D eigenvalue weighted by Gasteiger charge is -2.07. The molecule has 4 nitrogen and oxygen atoms in total. The van der Waals surface area contributed by atoms with Gasteiger partial charge in [-0.15, -0.1) is 0 Å². The van der Waals surface area contributed by atoms with Gasteiger partial charge in [-0.1, -0.05) is 30.3 Å². The molecular weight excluding hydrogens is 250 g/mol. The van der Waals surface area contributed by atoms with Gasteiger partial charge in [0.15, 0.2) is 0 Å². The molecule has 4 heteroatoms. The third-order valence-electron chi connectivity index (χ3n) is 2.54. The third-order valence-corrected chi connectivity index (χ3v) is 2.54. The molecule has 0 amide bonds.